The molecule has 0 amide bonds. The van der Waals surface area contributed by atoms with Crippen molar-refractivity contribution in [3.05, 3.63) is 34.9 Å². The van der Waals surface area contributed by atoms with Crippen LogP contribution in [0.3, 0.4) is 0 Å². The van der Waals surface area contributed by atoms with E-state index in [1.807, 2.05) is 6.92 Å². The summed E-state index contributed by atoms with van der Waals surface area (Å²) in [4.78, 5) is 0. The van der Waals surface area contributed by atoms with Crippen LogP contribution in [-0.4, -0.2) is 26.8 Å². The van der Waals surface area contributed by atoms with E-state index in [9.17, 15) is 10.2 Å². The molecule has 1 aromatic carbocycles. The first-order chi connectivity index (χ1) is 7.11. The standard InChI is InChI=1S/C11H15BrO3/c1-7-8(6-13)3-2-4-9(7)11(15)10(14)5-12/h2-4,10-11,13-15H,5-6H2,1H3. The largest absolute Gasteiger partial charge is 0.392 e. The molecule has 0 aliphatic carbocycles. The van der Waals surface area contributed by atoms with Crippen LogP contribution in [0, 0.1) is 6.92 Å². The van der Waals surface area contributed by atoms with Gasteiger partial charge in [0.15, 0.2) is 0 Å². The van der Waals surface area contributed by atoms with Gasteiger partial charge in [-0.15, -0.1) is 0 Å². The number of aliphatic hydroxyl groups is 3. The second-order valence-corrected chi connectivity index (χ2v) is 4.10. The zero-order valence-electron chi connectivity index (χ0n) is 8.52. The van der Waals surface area contributed by atoms with E-state index in [-0.39, 0.29) is 6.61 Å². The molecule has 0 bridgehead atoms. The minimum Gasteiger partial charge on any atom is -0.392 e. The molecule has 0 radical (unpaired) electrons. The smallest absolute Gasteiger partial charge is 0.106 e. The highest BCUT2D eigenvalue weighted by atomic mass is 79.9. The highest BCUT2D eigenvalue weighted by molar-refractivity contribution is 9.09. The zero-order chi connectivity index (χ0) is 11.4. The first-order valence-corrected chi connectivity index (χ1v) is 5.85. The third kappa shape index (κ3) is 2.78. The highest BCUT2D eigenvalue weighted by Crippen LogP contribution is 2.24. The number of aliphatic hydroxyl groups excluding tert-OH is 3. The Morgan fingerprint density at radius 1 is 1.33 bits per heavy atom. The van der Waals surface area contributed by atoms with E-state index in [1.54, 1.807) is 18.2 Å². The lowest BCUT2D eigenvalue weighted by Gasteiger charge is -2.19. The van der Waals surface area contributed by atoms with Gasteiger partial charge >= 0.3 is 0 Å². The quantitative estimate of drug-likeness (QED) is 0.725. The lowest BCUT2D eigenvalue weighted by Crippen LogP contribution is -2.20. The molecule has 0 aliphatic heterocycles. The maximum atomic E-state index is 9.83. The summed E-state index contributed by atoms with van der Waals surface area (Å²) < 4.78 is 0. The number of hydrogen-bond donors (Lipinski definition) is 3. The van der Waals surface area contributed by atoms with Gasteiger partial charge in [0.1, 0.15) is 6.10 Å². The van der Waals surface area contributed by atoms with Gasteiger partial charge in [0.25, 0.3) is 0 Å². The van der Waals surface area contributed by atoms with Gasteiger partial charge in [-0.1, -0.05) is 34.1 Å². The monoisotopic (exact) mass is 274 g/mol. The topological polar surface area (TPSA) is 60.7 Å². The normalized spacial score (nSPS) is 15.0. The third-order valence-electron chi connectivity index (χ3n) is 2.50. The molecule has 0 aromatic heterocycles. The van der Waals surface area contributed by atoms with Crippen LogP contribution >= 0.6 is 15.9 Å². The lowest BCUT2D eigenvalue weighted by molar-refractivity contribution is 0.0337. The Labute approximate surface area is 97.5 Å². The molecular formula is C11H15BrO3. The fourth-order valence-electron chi connectivity index (χ4n) is 1.49. The maximum Gasteiger partial charge on any atom is 0.106 e. The van der Waals surface area contributed by atoms with E-state index in [2.05, 4.69) is 15.9 Å². The summed E-state index contributed by atoms with van der Waals surface area (Å²) in [5.41, 5.74) is 2.26. The van der Waals surface area contributed by atoms with Crippen molar-refractivity contribution in [3.63, 3.8) is 0 Å². The molecule has 0 spiro atoms. The van der Waals surface area contributed by atoms with Crippen LogP contribution in [0.25, 0.3) is 0 Å². The molecule has 0 saturated heterocycles. The van der Waals surface area contributed by atoms with Gasteiger partial charge in [0.2, 0.25) is 0 Å². The average Bonchev–Trinajstić information content (AvgIpc) is 2.27. The Bertz CT molecular complexity index is 328. The molecule has 15 heavy (non-hydrogen) atoms. The molecule has 84 valence electrons. The lowest BCUT2D eigenvalue weighted by atomic mass is 9.96. The Morgan fingerprint density at radius 3 is 2.53 bits per heavy atom. The summed E-state index contributed by atoms with van der Waals surface area (Å²) in [6.45, 7) is 1.77. The van der Waals surface area contributed by atoms with Gasteiger partial charge in [-0.2, -0.15) is 0 Å². The Morgan fingerprint density at radius 2 is 2.00 bits per heavy atom. The van der Waals surface area contributed by atoms with Gasteiger partial charge in [-0.3, -0.25) is 0 Å². The molecule has 1 rings (SSSR count). The van der Waals surface area contributed by atoms with Crippen molar-refractivity contribution in [2.45, 2.75) is 25.7 Å². The predicted octanol–water partition coefficient (Wildman–Crippen LogP) is 1.28. The van der Waals surface area contributed by atoms with Crippen LogP contribution in [0.1, 0.15) is 22.8 Å². The third-order valence-corrected chi connectivity index (χ3v) is 3.16. The molecule has 0 aliphatic rings. The molecule has 0 saturated carbocycles. The van der Waals surface area contributed by atoms with Gasteiger partial charge in [-0.05, 0) is 23.6 Å². The van der Waals surface area contributed by atoms with Crippen molar-refractivity contribution in [2.75, 3.05) is 5.33 Å². The van der Waals surface area contributed by atoms with E-state index in [0.29, 0.717) is 10.9 Å². The van der Waals surface area contributed by atoms with E-state index in [1.165, 1.54) is 0 Å². The average molecular weight is 275 g/mol. The first-order valence-electron chi connectivity index (χ1n) is 4.73. The molecular weight excluding hydrogens is 260 g/mol. The van der Waals surface area contributed by atoms with Crippen molar-refractivity contribution in [1.29, 1.82) is 0 Å². The van der Waals surface area contributed by atoms with Gasteiger partial charge < -0.3 is 15.3 Å². The first kappa shape index (κ1) is 12.6. The Hall–Kier alpha value is -0.420. The molecule has 3 nitrogen and oxygen atoms in total. The molecule has 3 N–H and O–H groups in total. The van der Waals surface area contributed by atoms with Crippen LogP contribution in [-0.2, 0) is 6.61 Å². The summed E-state index contributed by atoms with van der Waals surface area (Å²) in [6, 6.07) is 5.31. The summed E-state index contributed by atoms with van der Waals surface area (Å²) >= 11 is 3.11. The summed E-state index contributed by atoms with van der Waals surface area (Å²) in [6.07, 6.45) is -1.76. The Kier molecular flexibility index (Phi) is 4.73. The number of halogens is 1. The Balaban J connectivity index is 3.03. The van der Waals surface area contributed by atoms with Crippen LogP contribution in [0.2, 0.25) is 0 Å². The summed E-state index contributed by atoms with van der Waals surface area (Å²) in [5.74, 6) is 0. The number of alkyl halides is 1. The van der Waals surface area contributed by atoms with Gasteiger partial charge in [0, 0.05) is 5.33 Å². The maximum absolute atomic E-state index is 9.83. The van der Waals surface area contributed by atoms with Crippen LogP contribution < -0.4 is 0 Å². The van der Waals surface area contributed by atoms with Crippen molar-refractivity contribution < 1.29 is 15.3 Å². The SMILES string of the molecule is Cc1c(CO)cccc1C(O)C(O)CBr. The van der Waals surface area contributed by atoms with E-state index >= 15 is 0 Å². The van der Waals surface area contributed by atoms with Gasteiger partial charge in [-0.25, -0.2) is 0 Å². The van der Waals surface area contributed by atoms with E-state index in [0.717, 1.165) is 11.1 Å². The molecule has 2 atom stereocenters. The van der Waals surface area contributed by atoms with Crippen LogP contribution in [0.4, 0.5) is 0 Å². The molecule has 1 aromatic rings. The van der Waals surface area contributed by atoms with E-state index in [4.69, 9.17) is 5.11 Å². The fraction of sp³-hybridized carbons (Fsp3) is 0.455. The van der Waals surface area contributed by atoms with Gasteiger partial charge in [0.05, 0.1) is 12.7 Å². The van der Waals surface area contributed by atoms with Crippen LogP contribution in [0.5, 0.6) is 0 Å². The van der Waals surface area contributed by atoms with Crippen molar-refractivity contribution in [3.8, 4) is 0 Å². The fourth-order valence-corrected chi connectivity index (χ4v) is 1.84. The minimum absolute atomic E-state index is 0.0587. The number of hydrogen-bond acceptors (Lipinski definition) is 3. The molecule has 0 heterocycles. The minimum atomic E-state index is -0.920. The van der Waals surface area contributed by atoms with Crippen LogP contribution in [0.15, 0.2) is 18.2 Å². The summed E-state index contributed by atoms with van der Waals surface area (Å²) in [7, 11) is 0. The molecule has 0 fully saturated rings. The molecule has 4 heteroatoms. The highest BCUT2D eigenvalue weighted by Gasteiger charge is 2.19. The predicted molar refractivity (Wildman–Crippen MR) is 61.9 cm³/mol. The van der Waals surface area contributed by atoms with Crippen molar-refractivity contribution in [2.24, 2.45) is 0 Å². The molecule has 2 unspecified atom stereocenters. The van der Waals surface area contributed by atoms with Crippen molar-refractivity contribution >= 4 is 15.9 Å². The number of benzene rings is 1. The second-order valence-electron chi connectivity index (χ2n) is 3.46. The zero-order valence-corrected chi connectivity index (χ0v) is 10.1. The van der Waals surface area contributed by atoms with Crippen molar-refractivity contribution in [1.82, 2.24) is 0 Å². The number of rotatable bonds is 4. The summed E-state index contributed by atoms with van der Waals surface area (Å²) in [5, 5.41) is 28.7. The second kappa shape index (κ2) is 5.61. The van der Waals surface area contributed by atoms with E-state index < -0.39 is 12.2 Å².